The van der Waals surface area contributed by atoms with E-state index in [0.717, 1.165) is 23.8 Å². The highest BCUT2D eigenvalue weighted by Crippen LogP contribution is 2.20. The van der Waals surface area contributed by atoms with E-state index in [0.29, 0.717) is 5.56 Å². The fraction of sp³-hybridized carbons (Fsp3) is 0.0625. The first-order chi connectivity index (χ1) is 8.33. The van der Waals surface area contributed by atoms with Gasteiger partial charge in [-0.3, -0.25) is 4.79 Å². The maximum atomic E-state index is 10.6. The molecule has 0 heterocycles. The van der Waals surface area contributed by atoms with Crippen molar-refractivity contribution in [3.05, 3.63) is 72.3 Å². The topological polar surface area (TPSA) is 17.1 Å². The standard InChI is InChI=1S/C16H14O/c1-2-3-13-4-8-15(9-5-13)16-10-6-14(12-17)7-11-16/h2,4-12H,1,3H2. The van der Waals surface area contributed by atoms with Crippen LogP contribution in [0.4, 0.5) is 0 Å². The SMILES string of the molecule is C=CCc1ccc(-c2ccc(C=O)cc2)cc1. The van der Waals surface area contributed by atoms with Gasteiger partial charge in [-0.1, -0.05) is 54.6 Å². The second-order valence-corrected chi connectivity index (χ2v) is 3.93. The third kappa shape index (κ3) is 2.70. The molecule has 84 valence electrons. The van der Waals surface area contributed by atoms with Crippen LogP contribution in [0.15, 0.2) is 61.2 Å². The molecule has 0 spiro atoms. The van der Waals surface area contributed by atoms with Gasteiger partial charge >= 0.3 is 0 Å². The minimum absolute atomic E-state index is 0.706. The number of hydrogen-bond donors (Lipinski definition) is 0. The average Bonchev–Trinajstić information content (AvgIpc) is 2.40. The Bertz CT molecular complexity index is 506. The Labute approximate surface area is 101 Å². The lowest BCUT2D eigenvalue weighted by Gasteiger charge is -2.03. The van der Waals surface area contributed by atoms with Crippen LogP contribution in [0.3, 0.4) is 0 Å². The highest BCUT2D eigenvalue weighted by molar-refractivity contribution is 5.76. The summed E-state index contributed by atoms with van der Waals surface area (Å²) in [5.74, 6) is 0. The van der Waals surface area contributed by atoms with E-state index in [2.05, 4.69) is 30.8 Å². The number of allylic oxidation sites excluding steroid dienone is 1. The van der Waals surface area contributed by atoms with E-state index in [4.69, 9.17) is 0 Å². The van der Waals surface area contributed by atoms with E-state index >= 15 is 0 Å². The van der Waals surface area contributed by atoms with Gasteiger partial charge in [0, 0.05) is 5.56 Å². The maximum Gasteiger partial charge on any atom is 0.150 e. The molecule has 0 atom stereocenters. The first-order valence-electron chi connectivity index (χ1n) is 5.59. The quantitative estimate of drug-likeness (QED) is 0.566. The van der Waals surface area contributed by atoms with Crippen LogP contribution in [0.1, 0.15) is 15.9 Å². The second kappa shape index (κ2) is 5.26. The van der Waals surface area contributed by atoms with Crippen molar-refractivity contribution < 1.29 is 4.79 Å². The molecule has 1 heteroatoms. The average molecular weight is 222 g/mol. The molecule has 0 aliphatic heterocycles. The lowest BCUT2D eigenvalue weighted by Crippen LogP contribution is -1.83. The molecule has 0 amide bonds. The second-order valence-electron chi connectivity index (χ2n) is 3.93. The minimum atomic E-state index is 0.706. The summed E-state index contributed by atoms with van der Waals surface area (Å²) in [5.41, 5.74) is 4.25. The van der Waals surface area contributed by atoms with Gasteiger partial charge in [-0.15, -0.1) is 6.58 Å². The molecular weight excluding hydrogens is 208 g/mol. The van der Waals surface area contributed by atoms with E-state index in [1.807, 2.05) is 30.3 Å². The molecule has 0 fully saturated rings. The summed E-state index contributed by atoms with van der Waals surface area (Å²) in [6.45, 7) is 3.72. The van der Waals surface area contributed by atoms with Crippen LogP contribution in [0.25, 0.3) is 11.1 Å². The molecule has 2 rings (SSSR count). The fourth-order valence-corrected chi connectivity index (χ4v) is 1.75. The summed E-state index contributed by atoms with van der Waals surface area (Å²) in [6, 6.07) is 16.0. The monoisotopic (exact) mass is 222 g/mol. The van der Waals surface area contributed by atoms with Gasteiger partial charge in [0.1, 0.15) is 6.29 Å². The zero-order chi connectivity index (χ0) is 12.1. The Kier molecular flexibility index (Phi) is 3.51. The van der Waals surface area contributed by atoms with Crippen molar-refractivity contribution in [1.82, 2.24) is 0 Å². The summed E-state index contributed by atoms with van der Waals surface area (Å²) >= 11 is 0. The van der Waals surface area contributed by atoms with Crippen molar-refractivity contribution in [1.29, 1.82) is 0 Å². The Morgan fingerprint density at radius 2 is 1.41 bits per heavy atom. The number of hydrogen-bond acceptors (Lipinski definition) is 1. The summed E-state index contributed by atoms with van der Waals surface area (Å²) in [6.07, 6.45) is 3.65. The van der Waals surface area contributed by atoms with E-state index < -0.39 is 0 Å². The molecule has 0 N–H and O–H groups in total. The summed E-state index contributed by atoms with van der Waals surface area (Å²) in [5, 5.41) is 0. The molecule has 17 heavy (non-hydrogen) atoms. The van der Waals surface area contributed by atoms with Gasteiger partial charge in [0.05, 0.1) is 0 Å². The van der Waals surface area contributed by atoms with Crippen molar-refractivity contribution in [2.45, 2.75) is 6.42 Å². The molecule has 0 saturated heterocycles. The third-order valence-electron chi connectivity index (χ3n) is 2.71. The van der Waals surface area contributed by atoms with Gasteiger partial charge in [-0.05, 0) is 23.1 Å². The van der Waals surface area contributed by atoms with E-state index in [-0.39, 0.29) is 0 Å². The van der Waals surface area contributed by atoms with Crippen LogP contribution in [0.5, 0.6) is 0 Å². The van der Waals surface area contributed by atoms with Crippen molar-refractivity contribution in [3.63, 3.8) is 0 Å². The van der Waals surface area contributed by atoms with Crippen LogP contribution in [-0.2, 0) is 6.42 Å². The van der Waals surface area contributed by atoms with Crippen LogP contribution in [0.2, 0.25) is 0 Å². The molecule has 0 aliphatic carbocycles. The maximum absolute atomic E-state index is 10.6. The van der Waals surface area contributed by atoms with E-state index in [9.17, 15) is 4.79 Å². The number of benzene rings is 2. The Balaban J connectivity index is 2.26. The van der Waals surface area contributed by atoms with Crippen molar-refractivity contribution in [2.24, 2.45) is 0 Å². The predicted molar refractivity (Wildman–Crippen MR) is 71.2 cm³/mol. The van der Waals surface area contributed by atoms with Crippen molar-refractivity contribution >= 4 is 6.29 Å². The van der Waals surface area contributed by atoms with Crippen LogP contribution < -0.4 is 0 Å². The number of carbonyl (C=O) groups excluding carboxylic acids is 1. The van der Waals surface area contributed by atoms with Gasteiger partial charge < -0.3 is 0 Å². The molecule has 0 radical (unpaired) electrons. The van der Waals surface area contributed by atoms with Crippen molar-refractivity contribution in [2.75, 3.05) is 0 Å². The van der Waals surface area contributed by atoms with Gasteiger partial charge in [-0.25, -0.2) is 0 Å². The molecular formula is C16H14O. The zero-order valence-electron chi connectivity index (χ0n) is 9.60. The molecule has 0 unspecified atom stereocenters. The summed E-state index contributed by atoms with van der Waals surface area (Å²) < 4.78 is 0. The summed E-state index contributed by atoms with van der Waals surface area (Å²) in [7, 11) is 0. The molecule has 0 bridgehead atoms. The highest BCUT2D eigenvalue weighted by atomic mass is 16.1. The number of rotatable bonds is 4. The largest absolute Gasteiger partial charge is 0.298 e. The highest BCUT2D eigenvalue weighted by Gasteiger charge is 1.98. The van der Waals surface area contributed by atoms with Crippen LogP contribution >= 0.6 is 0 Å². The normalized spacial score (nSPS) is 9.88. The number of carbonyl (C=O) groups is 1. The fourth-order valence-electron chi connectivity index (χ4n) is 1.75. The van der Waals surface area contributed by atoms with E-state index in [1.54, 1.807) is 0 Å². The van der Waals surface area contributed by atoms with Crippen LogP contribution in [-0.4, -0.2) is 6.29 Å². The van der Waals surface area contributed by atoms with Crippen molar-refractivity contribution in [3.8, 4) is 11.1 Å². The molecule has 0 aromatic heterocycles. The molecule has 2 aromatic rings. The first-order valence-corrected chi connectivity index (χ1v) is 5.59. The minimum Gasteiger partial charge on any atom is -0.298 e. The Hall–Kier alpha value is -2.15. The summed E-state index contributed by atoms with van der Waals surface area (Å²) in [4.78, 5) is 10.6. The Morgan fingerprint density at radius 1 is 0.882 bits per heavy atom. The van der Waals surface area contributed by atoms with Gasteiger partial charge in [-0.2, -0.15) is 0 Å². The van der Waals surface area contributed by atoms with Gasteiger partial charge in [0.2, 0.25) is 0 Å². The van der Waals surface area contributed by atoms with E-state index in [1.165, 1.54) is 5.56 Å². The van der Waals surface area contributed by atoms with Gasteiger partial charge in [0.15, 0.2) is 0 Å². The first kappa shape index (κ1) is 11.3. The molecule has 2 aromatic carbocycles. The Morgan fingerprint density at radius 3 is 1.88 bits per heavy atom. The number of aldehydes is 1. The molecule has 1 nitrogen and oxygen atoms in total. The molecule has 0 saturated carbocycles. The van der Waals surface area contributed by atoms with Gasteiger partial charge in [0.25, 0.3) is 0 Å². The predicted octanol–water partition coefficient (Wildman–Crippen LogP) is 3.89. The zero-order valence-corrected chi connectivity index (χ0v) is 9.60. The third-order valence-corrected chi connectivity index (χ3v) is 2.71. The lowest BCUT2D eigenvalue weighted by molar-refractivity contribution is 0.112. The smallest absolute Gasteiger partial charge is 0.150 e. The lowest BCUT2D eigenvalue weighted by atomic mass is 10.0. The van der Waals surface area contributed by atoms with Crippen LogP contribution in [0, 0.1) is 0 Å². The molecule has 0 aliphatic rings.